The van der Waals surface area contributed by atoms with Crippen molar-refractivity contribution >= 4 is 29.3 Å². The molecule has 0 heterocycles. The highest BCUT2D eigenvalue weighted by atomic mass is 16.6. The largest absolute Gasteiger partial charge is 0.502 e. The van der Waals surface area contributed by atoms with Crippen molar-refractivity contribution in [2.45, 2.75) is 96.6 Å². The lowest BCUT2D eigenvalue weighted by Gasteiger charge is -2.57. The van der Waals surface area contributed by atoms with Crippen LogP contribution in [0.1, 0.15) is 83.6 Å². The first-order chi connectivity index (χ1) is 20.9. The maximum Gasteiger partial charge on any atom is 0.328 e. The van der Waals surface area contributed by atoms with Crippen molar-refractivity contribution < 1.29 is 38.7 Å². The normalized spacial score (nSPS) is 31.4. The van der Waals surface area contributed by atoms with Gasteiger partial charge < -0.3 is 19.9 Å². The van der Waals surface area contributed by atoms with Crippen LogP contribution in [0.5, 0.6) is 5.75 Å². The number of nitro benzene ring substituents is 1. The van der Waals surface area contributed by atoms with Crippen molar-refractivity contribution in [3.8, 4) is 5.75 Å². The number of amides is 1. The maximum absolute atomic E-state index is 13.0. The molecule has 11 nitrogen and oxygen atoms in total. The molecule has 0 unspecified atom stereocenters. The van der Waals surface area contributed by atoms with Crippen LogP contribution in [0.4, 0.5) is 5.69 Å². The SMILES string of the molecule is COC(=O)[C@@H](Cc1ccc(O)c([N+](=O)[O-])c1)NC(=O)CCC(=O)O[C@H]1CC[C@H]2[C@@H]3CCC4=CC(=O)CC[C@]4(C)[C@H]3CC[C@]12C. The Morgan fingerprint density at radius 3 is 2.59 bits per heavy atom. The van der Waals surface area contributed by atoms with E-state index in [1.54, 1.807) is 0 Å². The van der Waals surface area contributed by atoms with Gasteiger partial charge in [0.15, 0.2) is 11.5 Å². The number of benzene rings is 1. The number of carbonyl (C=O) groups is 4. The minimum absolute atomic E-state index is 0.0827. The summed E-state index contributed by atoms with van der Waals surface area (Å²) in [5.74, 6) is -0.455. The van der Waals surface area contributed by atoms with Gasteiger partial charge in [0, 0.05) is 30.7 Å². The Morgan fingerprint density at radius 1 is 1.09 bits per heavy atom. The molecule has 3 fully saturated rings. The predicted octanol–water partition coefficient (Wildman–Crippen LogP) is 4.72. The van der Waals surface area contributed by atoms with Crippen LogP contribution in [0, 0.1) is 38.7 Å². The number of nitrogens with one attached hydrogen (secondary N) is 1. The molecule has 4 aliphatic rings. The summed E-state index contributed by atoms with van der Waals surface area (Å²) in [5.41, 5.74) is 1.13. The third kappa shape index (κ3) is 5.97. The number of fused-ring (bicyclic) bond motifs is 5. The van der Waals surface area contributed by atoms with Crippen molar-refractivity contribution in [2.75, 3.05) is 7.11 Å². The monoisotopic (exact) mass is 610 g/mol. The zero-order chi connectivity index (χ0) is 31.8. The minimum atomic E-state index is -1.13. The van der Waals surface area contributed by atoms with Crippen LogP contribution in [0.15, 0.2) is 29.8 Å². The fraction of sp³-hybridized carbons (Fsp3) is 0.636. The summed E-state index contributed by atoms with van der Waals surface area (Å²) >= 11 is 0. The maximum atomic E-state index is 13.0. The second kappa shape index (κ2) is 12.3. The van der Waals surface area contributed by atoms with Crippen molar-refractivity contribution in [1.82, 2.24) is 5.32 Å². The first-order valence-electron chi connectivity index (χ1n) is 15.6. The number of phenols is 1. The van der Waals surface area contributed by atoms with Gasteiger partial charge in [0.05, 0.1) is 18.5 Å². The van der Waals surface area contributed by atoms with E-state index in [-0.39, 0.29) is 42.0 Å². The number of allylic oxidation sites excluding steroid dienone is 1. The molecular weight excluding hydrogens is 568 g/mol. The Morgan fingerprint density at radius 2 is 1.86 bits per heavy atom. The van der Waals surface area contributed by atoms with Crippen LogP contribution < -0.4 is 5.32 Å². The fourth-order valence-corrected chi connectivity index (χ4v) is 8.82. The summed E-state index contributed by atoms with van der Waals surface area (Å²) in [7, 11) is 1.17. The first kappa shape index (κ1) is 31.7. The Kier molecular flexibility index (Phi) is 8.87. The van der Waals surface area contributed by atoms with Crippen LogP contribution in [0.2, 0.25) is 0 Å². The molecule has 0 bridgehead atoms. The van der Waals surface area contributed by atoms with Crippen LogP contribution >= 0.6 is 0 Å². The molecule has 0 saturated heterocycles. The van der Waals surface area contributed by atoms with E-state index in [2.05, 4.69) is 19.2 Å². The third-order valence-corrected chi connectivity index (χ3v) is 11.2. The lowest BCUT2D eigenvalue weighted by molar-refractivity contribution is -0.385. The number of phenolic OH excluding ortho intramolecular Hbond substituents is 1. The van der Waals surface area contributed by atoms with Gasteiger partial charge in [0.1, 0.15) is 12.1 Å². The van der Waals surface area contributed by atoms with Gasteiger partial charge in [-0.25, -0.2) is 4.79 Å². The lowest BCUT2D eigenvalue weighted by atomic mass is 9.47. The van der Waals surface area contributed by atoms with Gasteiger partial charge in [0.2, 0.25) is 5.91 Å². The number of hydrogen-bond donors (Lipinski definition) is 2. The number of esters is 2. The van der Waals surface area contributed by atoms with Crippen molar-refractivity contribution in [1.29, 1.82) is 0 Å². The van der Waals surface area contributed by atoms with E-state index in [0.717, 1.165) is 57.1 Å². The second-order valence-corrected chi connectivity index (χ2v) is 13.5. The highest BCUT2D eigenvalue weighted by Crippen LogP contribution is 2.65. The van der Waals surface area contributed by atoms with E-state index in [0.29, 0.717) is 29.7 Å². The van der Waals surface area contributed by atoms with Gasteiger partial charge in [-0.2, -0.15) is 0 Å². The third-order valence-electron chi connectivity index (χ3n) is 11.2. The average molecular weight is 611 g/mol. The van der Waals surface area contributed by atoms with Gasteiger partial charge in [-0.3, -0.25) is 24.5 Å². The molecule has 0 aliphatic heterocycles. The van der Waals surface area contributed by atoms with E-state index in [9.17, 15) is 34.4 Å². The second-order valence-electron chi connectivity index (χ2n) is 13.5. The van der Waals surface area contributed by atoms with Crippen LogP contribution in [-0.4, -0.2) is 52.9 Å². The highest BCUT2D eigenvalue weighted by molar-refractivity contribution is 5.91. The number of hydrogen-bond acceptors (Lipinski definition) is 9. The summed E-state index contributed by atoms with van der Waals surface area (Å²) in [6.07, 6.45) is 8.66. The summed E-state index contributed by atoms with van der Waals surface area (Å²) < 4.78 is 10.8. The van der Waals surface area contributed by atoms with Gasteiger partial charge in [-0.1, -0.05) is 25.5 Å². The Bertz CT molecular complexity index is 1390. The summed E-state index contributed by atoms with van der Waals surface area (Å²) in [4.78, 5) is 60.6. The van der Waals surface area contributed by atoms with Crippen LogP contribution in [0.3, 0.4) is 0 Å². The van der Waals surface area contributed by atoms with Gasteiger partial charge in [0.25, 0.3) is 0 Å². The molecule has 1 aromatic rings. The van der Waals surface area contributed by atoms with Crippen LogP contribution in [-0.2, 0) is 35.1 Å². The highest BCUT2D eigenvalue weighted by Gasteiger charge is 2.60. The zero-order valence-electron chi connectivity index (χ0n) is 25.6. The molecule has 0 radical (unpaired) electrons. The van der Waals surface area contributed by atoms with Crippen molar-refractivity contribution in [3.05, 3.63) is 45.5 Å². The van der Waals surface area contributed by atoms with Gasteiger partial charge in [-0.05, 0) is 85.8 Å². The van der Waals surface area contributed by atoms with E-state index < -0.39 is 40.2 Å². The number of methoxy groups -OCH3 is 1. The molecule has 44 heavy (non-hydrogen) atoms. The molecule has 0 aromatic heterocycles. The standard InChI is InChI=1S/C33H42N2O9/c1-32-14-12-21(36)18-20(32)5-6-22-23-7-9-28(33(23,2)15-13-24(22)32)44-30(39)11-10-29(38)34-25(31(40)43-3)16-19-4-8-27(37)26(17-19)35(41)42/h4,8,17-18,22-25,28,37H,5-7,9-16H2,1-3H3,(H,34,38)/t22-,23-,24-,25+,28-,32-,33-/m0/s1. The number of nitrogens with zero attached hydrogens (tertiary/aromatic N) is 1. The summed E-state index contributed by atoms with van der Waals surface area (Å²) in [6.45, 7) is 4.60. The van der Waals surface area contributed by atoms with E-state index in [1.165, 1.54) is 18.7 Å². The van der Waals surface area contributed by atoms with E-state index in [1.807, 2.05) is 6.08 Å². The number of aromatic hydroxyl groups is 1. The van der Waals surface area contributed by atoms with Crippen LogP contribution in [0.25, 0.3) is 0 Å². The molecule has 11 heteroatoms. The van der Waals surface area contributed by atoms with E-state index in [4.69, 9.17) is 9.47 Å². The number of carbonyl (C=O) groups excluding carboxylic acids is 4. The molecule has 3 saturated carbocycles. The summed E-state index contributed by atoms with van der Waals surface area (Å²) in [5, 5.41) is 23.4. The molecule has 4 aliphatic carbocycles. The van der Waals surface area contributed by atoms with Crippen molar-refractivity contribution in [3.63, 3.8) is 0 Å². The van der Waals surface area contributed by atoms with Crippen molar-refractivity contribution in [2.24, 2.45) is 28.6 Å². The average Bonchev–Trinajstić information content (AvgIpc) is 3.32. The fourth-order valence-electron chi connectivity index (χ4n) is 8.82. The molecule has 1 aromatic carbocycles. The molecule has 5 rings (SSSR count). The topological polar surface area (TPSA) is 162 Å². The molecule has 238 valence electrons. The summed E-state index contributed by atoms with van der Waals surface area (Å²) in [6, 6.07) is 2.58. The molecule has 7 atom stereocenters. The molecular formula is C33H42N2O9. The quantitative estimate of drug-likeness (QED) is 0.229. The smallest absolute Gasteiger partial charge is 0.328 e. The Labute approximate surface area is 256 Å². The zero-order valence-corrected chi connectivity index (χ0v) is 25.6. The molecule has 2 N–H and O–H groups in total. The Balaban J connectivity index is 1.16. The number of ether oxygens (including phenoxy) is 2. The number of ketones is 1. The number of nitro groups is 1. The van der Waals surface area contributed by atoms with Gasteiger partial charge in [-0.15, -0.1) is 0 Å². The lowest BCUT2D eigenvalue weighted by Crippen LogP contribution is -2.51. The molecule has 1 amide bonds. The first-order valence-corrected chi connectivity index (χ1v) is 15.6. The predicted molar refractivity (Wildman–Crippen MR) is 158 cm³/mol. The number of rotatable bonds is 9. The Hall–Kier alpha value is -3.76. The molecule has 0 spiro atoms. The minimum Gasteiger partial charge on any atom is -0.502 e. The van der Waals surface area contributed by atoms with E-state index >= 15 is 0 Å². The van der Waals surface area contributed by atoms with Gasteiger partial charge >= 0.3 is 17.6 Å².